The molecule has 0 spiro atoms. The predicted molar refractivity (Wildman–Crippen MR) is 298 cm³/mol. The highest BCUT2D eigenvalue weighted by atomic mass is 16.6. The maximum atomic E-state index is 12.8. The number of carbonyl (C=O) groups excluding carboxylic acids is 3. The lowest BCUT2D eigenvalue weighted by Gasteiger charge is -2.18. The van der Waals surface area contributed by atoms with Crippen molar-refractivity contribution >= 4 is 17.9 Å². The molecule has 0 N–H and O–H groups in total. The van der Waals surface area contributed by atoms with Crippen LogP contribution in [0.2, 0.25) is 0 Å². The topological polar surface area (TPSA) is 78.9 Å². The molecule has 0 aromatic carbocycles. The number of unbranched alkanes of at least 4 members (excludes halogenated alkanes) is 33. The Morgan fingerprint density at radius 1 is 0.304 bits per heavy atom. The van der Waals surface area contributed by atoms with Gasteiger partial charge in [0.05, 0.1) is 0 Å². The molecule has 0 saturated carbocycles. The molecule has 1 atom stereocenters. The Balaban J connectivity index is 4.04. The lowest BCUT2D eigenvalue weighted by atomic mass is 10.0. The number of esters is 3. The van der Waals surface area contributed by atoms with Gasteiger partial charge in [-0.05, 0) is 83.5 Å². The van der Waals surface area contributed by atoms with Crippen LogP contribution in [0.4, 0.5) is 0 Å². The van der Waals surface area contributed by atoms with Crippen molar-refractivity contribution in [3.63, 3.8) is 0 Å². The normalized spacial score (nSPS) is 12.4. The van der Waals surface area contributed by atoms with Gasteiger partial charge in [0.15, 0.2) is 6.10 Å². The van der Waals surface area contributed by atoms with Gasteiger partial charge in [-0.15, -0.1) is 0 Å². The van der Waals surface area contributed by atoms with Gasteiger partial charge < -0.3 is 14.2 Å². The van der Waals surface area contributed by atoms with Gasteiger partial charge in [-0.2, -0.15) is 0 Å². The number of ether oxygens (including phenoxy) is 3. The molecule has 0 rings (SSSR count). The van der Waals surface area contributed by atoms with Gasteiger partial charge in [0.1, 0.15) is 13.2 Å². The molecule has 1 unspecified atom stereocenters. The molecule has 0 saturated heterocycles. The van der Waals surface area contributed by atoms with Crippen LogP contribution in [0.15, 0.2) is 60.8 Å². The van der Waals surface area contributed by atoms with Crippen molar-refractivity contribution in [3.8, 4) is 0 Å². The standard InChI is InChI=1S/C63H112O6/c1-4-7-10-13-15-17-19-21-23-25-27-28-29-30-31-32-33-34-36-37-39-41-43-45-47-50-53-56-62(65)68-59-60(58-67-61(64)55-52-49-12-9-6-3)69-63(66)57-54-51-48-46-44-42-40-38-35-26-24-22-20-18-16-14-11-8-5-2/h8,11,16,18,22,24-25,27,35,38,60H,4-7,9-10,12-15,17,19-21,23,26,28-34,36-37,39-59H2,1-3H3/b11-8-,18-16-,24-22-,27-25-,38-35-. The summed E-state index contributed by atoms with van der Waals surface area (Å²) in [7, 11) is 0. The highest BCUT2D eigenvalue weighted by Gasteiger charge is 2.19. The van der Waals surface area contributed by atoms with E-state index in [0.717, 1.165) is 103 Å². The summed E-state index contributed by atoms with van der Waals surface area (Å²) in [5.74, 6) is -0.897. The minimum Gasteiger partial charge on any atom is -0.462 e. The minimum atomic E-state index is -0.777. The number of hydrogen-bond acceptors (Lipinski definition) is 6. The van der Waals surface area contributed by atoms with E-state index in [1.54, 1.807) is 0 Å². The summed E-state index contributed by atoms with van der Waals surface area (Å²) in [5, 5.41) is 0. The first-order chi connectivity index (χ1) is 34.0. The monoisotopic (exact) mass is 965 g/mol. The smallest absolute Gasteiger partial charge is 0.306 e. The maximum absolute atomic E-state index is 12.8. The van der Waals surface area contributed by atoms with Gasteiger partial charge >= 0.3 is 17.9 Å². The second-order valence-electron chi connectivity index (χ2n) is 19.9. The summed E-state index contributed by atoms with van der Waals surface area (Å²) in [6, 6.07) is 0. The van der Waals surface area contributed by atoms with Crippen molar-refractivity contribution in [2.45, 2.75) is 309 Å². The summed E-state index contributed by atoms with van der Waals surface area (Å²) < 4.78 is 16.7. The second kappa shape index (κ2) is 57.7. The first kappa shape index (κ1) is 66.1. The number of allylic oxidation sites excluding steroid dienone is 10. The average molecular weight is 966 g/mol. The molecule has 0 bridgehead atoms. The number of rotatable bonds is 54. The fourth-order valence-corrected chi connectivity index (χ4v) is 8.55. The maximum Gasteiger partial charge on any atom is 0.306 e. The quantitative estimate of drug-likeness (QED) is 0.0262. The molecule has 69 heavy (non-hydrogen) atoms. The van der Waals surface area contributed by atoms with E-state index in [1.165, 1.54) is 161 Å². The Hall–Kier alpha value is -2.89. The molecule has 0 amide bonds. The van der Waals surface area contributed by atoms with E-state index in [4.69, 9.17) is 14.2 Å². The molecule has 0 fully saturated rings. The van der Waals surface area contributed by atoms with Crippen LogP contribution in [0, 0.1) is 0 Å². The zero-order valence-corrected chi connectivity index (χ0v) is 45.8. The highest BCUT2D eigenvalue weighted by Crippen LogP contribution is 2.16. The van der Waals surface area contributed by atoms with Gasteiger partial charge in [0, 0.05) is 19.3 Å². The van der Waals surface area contributed by atoms with E-state index in [9.17, 15) is 14.4 Å². The Kier molecular flexibility index (Phi) is 55.3. The number of carbonyl (C=O) groups is 3. The van der Waals surface area contributed by atoms with Crippen molar-refractivity contribution in [1.82, 2.24) is 0 Å². The van der Waals surface area contributed by atoms with Gasteiger partial charge in [-0.25, -0.2) is 0 Å². The molecule has 400 valence electrons. The lowest BCUT2D eigenvalue weighted by Crippen LogP contribution is -2.30. The molecule has 0 aromatic rings. The van der Waals surface area contributed by atoms with Gasteiger partial charge in [-0.3, -0.25) is 14.4 Å². The third-order valence-corrected chi connectivity index (χ3v) is 13.0. The van der Waals surface area contributed by atoms with Crippen molar-refractivity contribution < 1.29 is 28.6 Å². The Labute approximate surface area is 428 Å². The molecule has 0 aromatic heterocycles. The first-order valence-corrected chi connectivity index (χ1v) is 29.8. The summed E-state index contributed by atoms with van der Waals surface area (Å²) in [6.07, 6.45) is 72.7. The molecule has 0 heterocycles. The van der Waals surface area contributed by atoms with E-state index in [-0.39, 0.29) is 31.1 Å². The van der Waals surface area contributed by atoms with E-state index >= 15 is 0 Å². The predicted octanol–water partition coefficient (Wildman–Crippen LogP) is 20.0. The van der Waals surface area contributed by atoms with E-state index in [2.05, 4.69) is 81.5 Å². The Bertz CT molecular complexity index is 1250. The fraction of sp³-hybridized carbons (Fsp3) is 0.794. The third kappa shape index (κ3) is 55.9. The van der Waals surface area contributed by atoms with Gasteiger partial charge in [-0.1, -0.05) is 261 Å². The van der Waals surface area contributed by atoms with Gasteiger partial charge in [0.25, 0.3) is 0 Å². The minimum absolute atomic E-state index is 0.0784. The van der Waals surface area contributed by atoms with Gasteiger partial charge in [0.2, 0.25) is 0 Å². The largest absolute Gasteiger partial charge is 0.462 e. The number of hydrogen-bond donors (Lipinski definition) is 0. The molecular formula is C63H112O6. The molecular weight excluding hydrogens is 853 g/mol. The van der Waals surface area contributed by atoms with Crippen LogP contribution in [-0.2, 0) is 28.6 Å². The molecule has 6 nitrogen and oxygen atoms in total. The van der Waals surface area contributed by atoms with Crippen LogP contribution in [0.25, 0.3) is 0 Å². The van der Waals surface area contributed by atoms with Crippen LogP contribution in [0.3, 0.4) is 0 Å². The summed E-state index contributed by atoms with van der Waals surface area (Å²) in [5.41, 5.74) is 0. The Morgan fingerprint density at radius 3 is 0.899 bits per heavy atom. The summed E-state index contributed by atoms with van der Waals surface area (Å²) in [6.45, 7) is 6.46. The second-order valence-corrected chi connectivity index (χ2v) is 19.9. The van der Waals surface area contributed by atoms with Crippen molar-refractivity contribution in [3.05, 3.63) is 60.8 Å². The van der Waals surface area contributed by atoms with Crippen LogP contribution < -0.4 is 0 Å². The van der Waals surface area contributed by atoms with Crippen LogP contribution in [-0.4, -0.2) is 37.2 Å². The molecule has 0 aliphatic carbocycles. The fourth-order valence-electron chi connectivity index (χ4n) is 8.55. The lowest BCUT2D eigenvalue weighted by molar-refractivity contribution is -0.167. The van der Waals surface area contributed by atoms with Crippen molar-refractivity contribution in [1.29, 1.82) is 0 Å². The Morgan fingerprint density at radius 2 is 0.565 bits per heavy atom. The molecule has 0 aliphatic rings. The first-order valence-electron chi connectivity index (χ1n) is 29.8. The zero-order chi connectivity index (χ0) is 50.0. The van der Waals surface area contributed by atoms with E-state index in [1.807, 2.05) is 0 Å². The molecule has 0 aliphatic heterocycles. The van der Waals surface area contributed by atoms with Crippen LogP contribution >= 0.6 is 0 Å². The average Bonchev–Trinajstić information content (AvgIpc) is 3.35. The summed E-state index contributed by atoms with van der Waals surface area (Å²) >= 11 is 0. The van der Waals surface area contributed by atoms with Crippen LogP contribution in [0.1, 0.15) is 303 Å². The van der Waals surface area contributed by atoms with Crippen molar-refractivity contribution in [2.24, 2.45) is 0 Å². The summed E-state index contributed by atoms with van der Waals surface area (Å²) in [4.78, 5) is 37.8. The zero-order valence-electron chi connectivity index (χ0n) is 45.8. The SMILES string of the molecule is CC/C=C\C/C=C\C/C=C\C/C=C\CCCCCCCCC(=O)OC(COC(=O)CCCCCCC)COC(=O)CCCCCCCCCCCCCCCCC/C=C\CCCCCCCCCC. The highest BCUT2D eigenvalue weighted by molar-refractivity contribution is 5.71. The molecule has 0 radical (unpaired) electrons. The van der Waals surface area contributed by atoms with E-state index in [0.29, 0.717) is 19.3 Å². The van der Waals surface area contributed by atoms with Crippen LogP contribution in [0.5, 0.6) is 0 Å². The van der Waals surface area contributed by atoms with Crippen molar-refractivity contribution in [2.75, 3.05) is 13.2 Å². The third-order valence-electron chi connectivity index (χ3n) is 13.0. The molecule has 6 heteroatoms. The van der Waals surface area contributed by atoms with E-state index < -0.39 is 6.10 Å².